The molecule has 6 heterocycles. The van der Waals surface area contributed by atoms with E-state index < -0.39 is 11.7 Å². The van der Waals surface area contributed by atoms with Crippen molar-refractivity contribution in [3.63, 3.8) is 0 Å². The zero-order valence-electron chi connectivity index (χ0n) is 62.2. The van der Waals surface area contributed by atoms with Crippen LogP contribution in [0.25, 0.3) is 203 Å². The van der Waals surface area contributed by atoms with E-state index in [1.807, 2.05) is 331 Å². The van der Waals surface area contributed by atoms with E-state index in [0.717, 1.165) is 56.6 Å². The Labute approximate surface area is 672 Å². The molecule has 6 aromatic heterocycles. The number of fused-ring (bicyclic) bond motifs is 6. The van der Waals surface area contributed by atoms with E-state index in [1.165, 1.54) is 6.07 Å². The second kappa shape index (κ2) is 29.5. The number of nitrogens with zero attached hydrogens (tertiary/aromatic N) is 16. The van der Waals surface area contributed by atoms with Crippen molar-refractivity contribution in [2.75, 3.05) is 0 Å². The molecule has 0 unspecified atom stereocenters. The molecule has 14 aromatic carbocycles. The Morgan fingerprint density at radius 3 is 0.712 bits per heavy atom. The number of hydrogen-bond acceptors (Lipinski definition) is 14. The molecule has 0 aliphatic heterocycles. The Balaban J connectivity index is 0.873. The minimum absolute atomic E-state index is 0.0208. The number of alkyl halides is 3. The van der Waals surface area contributed by atoms with Crippen LogP contribution in [0.3, 0.4) is 0 Å². The van der Waals surface area contributed by atoms with E-state index in [0.29, 0.717) is 141 Å². The normalized spacial score (nSPS) is 11.5. The molecule has 16 nitrogen and oxygen atoms in total. The van der Waals surface area contributed by atoms with Gasteiger partial charge in [-0.1, -0.05) is 249 Å². The zero-order valence-corrected chi connectivity index (χ0v) is 62.2. The lowest BCUT2D eigenvalue weighted by Crippen LogP contribution is -2.08. The van der Waals surface area contributed by atoms with Gasteiger partial charge in [0, 0.05) is 93.9 Å². The third-order valence-electron chi connectivity index (χ3n) is 20.8. The lowest BCUT2D eigenvalue weighted by molar-refractivity contribution is -0.137. The van der Waals surface area contributed by atoms with Crippen LogP contribution in [0.15, 0.2) is 346 Å². The first kappa shape index (κ1) is 70.6. The quantitative estimate of drug-likeness (QED) is 0.0934. The molecule has 0 saturated carbocycles. The first-order valence-corrected chi connectivity index (χ1v) is 37.9. The molecule has 0 N–H and O–H groups in total. The Kier molecular flexibility index (Phi) is 17.7. The van der Waals surface area contributed by atoms with Gasteiger partial charge in [-0.05, 0) is 103 Å². The zero-order chi connectivity index (χ0) is 79.4. The van der Waals surface area contributed by atoms with Gasteiger partial charge in [0.2, 0.25) is 0 Å². The van der Waals surface area contributed by atoms with E-state index in [1.54, 1.807) is 12.1 Å². The van der Waals surface area contributed by atoms with E-state index in [-0.39, 0.29) is 27.9 Å². The number of benzene rings is 14. The van der Waals surface area contributed by atoms with Crippen molar-refractivity contribution in [2.45, 2.75) is 6.18 Å². The molecule has 20 aromatic rings. The molecule has 0 aliphatic rings. The summed E-state index contributed by atoms with van der Waals surface area (Å²) in [6, 6.07) is 112. The molecular formula is C99H57F3N16. The minimum Gasteiger partial charge on any atom is -0.308 e. The van der Waals surface area contributed by atoms with Gasteiger partial charge in [-0.2, -0.15) is 23.7 Å². The average molecular weight is 1530 g/mol. The standard InChI is InChI=1S/C99H57F3N16/c100-99(101,102)74-52-60(58-103)51-73(53-74)75-45-50-85(117-81-46-41-69(95-109-87(61-25-9-1-10-26-61)105-88(110-95)62-27-11-2-12-28-62)54-76(81)77-55-70(42-47-82(77)117)96-111-89(63-29-13-3-14-30-63)106-90(112-96)64-31-15-4-16-32-64)80(59-104)86(75)118-83-48-43-71(97-113-91(65-33-17-5-18-34-65)107-92(114-97)66-35-19-6-20-36-66)56-78(83)79-57-72(44-49-84(79)118)98-115-93(67-37-21-7-22-38-67)108-94(116-98)68-39-23-8-24-40-68/h1-57H. The van der Waals surface area contributed by atoms with Crippen molar-refractivity contribution >= 4 is 43.6 Å². The maximum absolute atomic E-state index is 15.6. The largest absolute Gasteiger partial charge is 0.416 e. The van der Waals surface area contributed by atoms with E-state index in [4.69, 9.17) is 59.8 Å². The summed E-state index contributed by atoms with van der Waals surface area (Å²) in [7, 11) is 0. The summed E-state index contributed by atoms with van der Waals surface area (Å²) in [4.78, 5) is 61.5. The van der Waals surface area contributed by atoms with Crippen LogP contribution in [0.5, 0.6) is 0 Å². The van der Waals surface area contributed by atoms with Crippen LogP contribution in [-0.4, -0.2) is 68.9 Å². The van der Waals surface area contributed by atoms with Gasteiger partial charge in [-0.25, -0.2) is 59.8 Å². The van der Waals surface area contributed by atoms with Crippen LogP contribution in [0.1, 0.15) is 16.7 Å². The van der Waals surface area contributed by atoms with Crippen molar-refractivity contribution in [2.24, 2.45) is 0 Å². The van der Waals surface area contributed by atoms with Gasteiger partial charge in [0.05, 0.1) is 50.6 Å². The van der Waals surface area contributed by atoms with Gasteiger partial charge < -0.3 is 9.13 Å². The van der Waals surface area contributed by atoms with E-state index >= 15 is 13.2 Å². The fourth-order valence-electron chi connectivity index (χ4n) is 15.2. The minimum atomic E-state index is -4.90. The van der Waals surface area contributed by atoms with Crippen LogP contribution < -0.4 is 0 Å². The van der Waals surface area contributed by atoms with Gasteiger partial charge in [-0.3, -0.25) is 0 Å². The molecule has 0 aliphatic carbocycles. The van der Waals surface area contributed by atoms with Crippen LogP contribution >= 0.6 is 0 Å². The molecule has 554 valence electrons. The SMILES string of the molecule is N#Cc1cc(-c2ccc(-n3c4ccc(-c5nc(-c6ccccc6)nc(-c6ccccc6)n5)cc4c4cc(-c5nc(-c6ccccc6)nc(-c6ccccc6)n5)ccc43)c(C#N)c2-n2c3ccc(-c4nc(-c5ccccc5)nc(-c5ccccc5)n4)cc3c3cc(-c4nc(-c5ccccc5)nc(-c5ccccc5)n4)ccc32)cc(C(F)(F)F)c1. The van der Waals surface area contributed by atoms with Gasteiger partial charge >= 0.3 is 6.18 Å². The van der Waals surface area contributed by atoms with E-state index in [2.05, 4.69) is 6.07 Å². The number of aromatic nitrogens is 14. The van der Waals surface area contributed by atoms with Crippen molar-refractivity contribution in [1.29, 1.82) is 10.5 Å². The predicted molar refractivity (Wildman–Crippen MR) is 454 cm³/mol. The van der Waals surface area contributed by atoms with Crippen molar-refractivity contribution in [3.05, 3.63) is 362 Å². The summed E-state index contributed by atoms with van der Waals surface area (Å²) in [5.41, 5.74) is 10.5. The van der Waals surface area contributed by atoms with Crippen molar-refractivity contribution in [1.82, 2.24) is 68.9 Å². The van der Waals surface area contributed by atoms with Gasteiger partial charge in [-0.15, -0.1) is 0 Å². The molecule has 0 bridgehead atoms. The Bertz CT molecular complexity index is 6810. The summed E-state index contributed by atoms with van der Waals surface area (Å²) in [6.45, 7) is 0. The monoisotopic (exact) mass is 1530 g/mol. The highest BCUT2D eigenvalue weighted by molar-refractivity contribution is 6.14. The lowest BCUT2D eigenvalue weighted by atomic mass is 9.95. The Morgan fingerprint density at radius 1 is 0.229 bits per heavy atom. The highest BCUT2D eigenvalue weighted by Gasteiger charge is 2.33. The van der Waals surface area contributed by atoms with Gasteiger partial charge in [0.1, 0.15) is 11.6 Å². The maximum atomic E-state index is 15.6. The molecule has 0 amide bonds. The van der Waals surface area contributed by atoms with Crippen LogP contribution in [0.2, 0.25) is 0 Å². The van der Waals surface area contributed by atoms with E-state index in [9.17, 15) is 10.5 Å². The first-order chi connectivity index (χ1) is 58.0. The third-order valence-corrected chi connectivity index (χ3v) is 20.8. The summed E-state index contributed by atoms with van der Waals surface area (Å²) < 4.78 is 50.6. The molecule has 19 heteroatoms. The molecule has 20 rings (SSSR count). The van der Waals surface area contributed by atoms with Crippen LogP contribution in [0.4, 0.5) is 13.2 Å². The Hall–Kier alpha value is -16.5. The smallest absolute Gasteiger partial charge is 0.308 e. The molecule has 0 fully saturated rings. The van der Waals surface area contributed by atoms with Gasteiger partial charge in [0.15, 0.2) is 69.9 Å². The summed E-state index contributed by atoms with van der Waals surface area (Å²) in [5.74, 6) is 5.04. The maximum Gasteiger partial charge on any atom is 0.416 e. The second-order valence-corrected chi connectivity index (χ2v) is 28.1. The molecule has 0 radical (unpaired) electrons. The predicted octanol–water partition coefficient (Wildman–Crippen LogP) is 23.1. The molecule has 0 atom stereocenters. The molecular weight excluding hydrogens is 1470 g/mol. The van der Waals surface area contributed by atoms with Crippen LogP contribution in [0, 0.1) is 22.7 Å². The summed E-state index contributed by atoms with van der Waals surface area (Å²) in [5, 5.41) is 26.0. The fourth-order valence-corrected chi connectivity index (χ4v) is 15.2. The molecule has 0 spiro atoms. The summed E-state index contributed by atoms with van der Waals surface area (Å²) in [6.07, 6.45) is -4.90. The molecule has 0 saturated heterocycles. The fraction of sp³-hybridized carbons (Fsp3) is 0.0101. The number of halogens is 3. The topological polar surface area (TPSA) is 212 Å². The number of nitriles is 2. The van der Waals surface area contributed by atoms with Gasteiger partial charge in [0.25, 0.3) is 0 Å². The average Bonchev–Trinajstić information content (AvgIpc) is 1.55. The second-order valence-electron chi connectivity index (χ2n) is 28.1. The van der Waals surface area contributed by atoms with Crippen molar-refractivity contribution in [3.8, 4) is 171 Å². The van der Waals surface area contributed by atoms with Crippen LogP contribution in [-0.2, 0) is 6.18 Å². The third kappa shape index (κ3) is 13.2. The Morgan fingerprint density at radius 2 is 0.475 bits per heavy atom. The summed E-state index contributed by atoms with van der Waals surface area (Å²) >= 11 is 0. The highest BCUT2D eigenvalue weighted by Crippen LogP contribution is 2.47. The lowest BCUT2D eigenvalue weighted by Gasteiger charge is -2.21. The number of rotatable bonds is 15. The molecule has 118 heavy (non-hydrogen) atoms. The highest BCUT2D eigenvalue weighted by atomic mass is 19.4. The first-order valence-electron chi connectivity index (χ1n) is 37.9. The number of hydrogen-bond donors (Lipinski definition) is 0. The van der Waals surface area contributed by atoms with Crippen molar-refractivity contribution < 1.29 is 13.2 Å².